The first-order valence-electron chi connectivity index (χ1n) is 8.14. The van der Waals surface area contributed by atoms with E-state index in [1.807, 2.05) is 28.9 Å². The topological polar surface area (TPSA) is 94.0 Å². The van der Waals surface area contributed by atoms with E-state index in [9.17, 15) is 4.79 Å². The summed E-state index contributed by atoms with van der Waals surface area (Å²) in [5.74, 6) is -0.372. The van der Waals surface area contributed by atoms with Gasteiger partial charge in [-0.2, -0.15) is 0 Å². The minimum Gasteiger partial charge on any atom is -0.481 e. The maximum absolute atomic E-state index is 10.8. The molecule has 0 bridgehead atoms. The number of hydrogen-bond acceptors (Lipinski definition) is 4. The summed E-state index contributed by atoms with van der Waals surface area (Å²) in [4.78, 5) is 10.8. The molecule has 2 aromatic rings. The Morgan fingerprint density at radius 2 is 1.91 bits per heavy atom. The molecule has 1 saturated carbocycles. The van der Waals surface area contributed by atoms with Crippen LogP contribution in [0.5, 0.6) is 0 Å². The number of benzene rings is 1. The summed E-state index contributed by atoms with van der Waals surface area (Å²) in [7, 11) is 0. The van der Waals surface area contributed by atoms with Crippen molar-refractivity contribution in [3.8, 4) is 5.69 Å². The van der Waals surface area contributed by atoms with E-state index in [4.69, 9.17) is 10.8 Å². The van der Waals surface area contributed by atoms with E-state index in [1.54, 1.807) is 0 Å². The first-order valence-corrected chi connectivity index (χ1v) is 8.14. The zero-order chi connectivity index (χ0) is 16.2. The van der Waals surface area contributed by atoms with E-state index in [-0.39, 0.29) is 6.42 Å². The van der Waals surface area contributed by atoms with Crippen molar-refractivity contribution in [3.05, 3.63) is 41.2 Å². The molecule has 3 N–H and O–H groups in total. The van der Waals surface area contributed by atoms with Crippen LogP contribution in [-0.2, 0) is 17.8 Å². The number of aromatic nitrogens is 3. The summed E-state index contributed by atoms with van der Waals surface area (Å²) in [5.41, 5.74) is 9.52. The molecule has 3 rings (SSSR count). The quantitative estimate of drug-likeness (QED) is 0.883. The largest absolute Gasteiger partial charge is 0.481 e. The second kappa shape index (κ2) is 6.91. The zero-order valence-corrected chi connectivity index (χ0v) is 13.1. The van der Waals surface area contributed by atoms with Crippen LogP contribution in [0.1, 0.15) is 55.0 Å². The highest BCUT2D eigenvalue weighted by Gasteiger charge is 2.24. The maximum Gasteiger partial charge on any atom is 0.307 e. The molecule has 1 aliphatic rings. The maximum atomic E-state index is 10.8. The number of nitrogens with zero attached hydrogens (tertiary/aromatic N) is 3. The molecule has 1 heterocycles. The highest BCUT2D eigenvalue weighted by Crippen LogP contribution is 2.34. The SMILES string of the molecule is NCc1nnn(-c2ccc(CC(=O)O)cc2)c1C1CCCCC1. The number of carboxylic acid groups (broad SMARTS) is 1. The number of rotatable bonds is 5. The fraction of sp³-hybridized carbons (Fsp3) is 0.471. The van der Waals surface area contributed by atoms with Gasteiger partial charge >= 0.3 is 5.97 Å². The third-order valence-electron chi connectivity index (χ3n) is 4.50. The van der Waals surface area contributed by atoms with Crippen molar-refractivity contribution >= 4 is 5.97 Å². The standard InChI is InChI=1S/C17H22N4O2/c18-11-15-17(13-4-2-1-3-5-13)21(20-19-15)14-8-6-12(7-9-14)10-16(22)23/h6-9,13H,1-5,10-11,18H2,(H,22,23). The van der Waals surface area contributed by atoms with Crippen LogP contribution >= 0.6 is 0 Å². The molecule has 1 aromatic heterocycles. The second-order valence-electron chi connectivity index (χ2n) is 6.11. The van der Waals surface area contributed by atoms with Crippen LogP contribution in [0.2, 0.25) is 0 Å². The molecule has 122 valence electrons. The van der Waals surface area contributed by atoms with Gasteiger partial charge in [0.2, 0.25) is 0 Å². The Bertz CT molecular complexity index is 672. The summed E-state index contributed by atoms with van der Waals surface area (Å²) < 4.78 is 1.88. The first-order chi connectivity index (χ1) is 11.2. The van der Waals surface area contributed by atoms with Crippen LogP contribution in [0.4, 0.5) is 0 Å². The molecule has 0 atom stereocenters. The predicted octanol–water partition coefficient (Wildman–Crippen LogP) is 2.40. The Morgan fingerprint density at radius 1 is 1.22 bits per heavy atom. The van der Waals surface area contributed by atoms with Crippen molar-refractivity contribution in [2.24, 2.45) is 5.73 Å². The fourth-order valence-electron chi connectivity index (χ4n) is 3.37. The van der Waals surface area contributed by atoms with E-state index in [1.165, 1.54) is 19.3 Å². The Hall–Kier alpha value is -2.21. The van der Waals surface area contributed by atoms with Crippen molar-refractivity contribution in [1.82, 2.24) is 15.0 Å². The fourth-order valence-corrected chi connectivity index (χ4v) is 3.37. The van der Waals surface area contributed by atoms with Crippen LogP contribution in [0.25, 0.3) is 5.69 Å². The molecule has 0 radical (unpaired) electrons. The minimum absolute atomic E-state index is 0.0289. The number of aliphatic carboxylic acids is 1. The lowest BCUT2D eigenvalue weighted by Gasteiger charge is -2.23. The average Bonchev–Trinajstić information content (AvgIpc) is 3.00. The molecule has 0 unspecified atom stereocenters. The number of carbonyl (C=O) groups is 1. The lowest BCUT2D eigenvalue weighted by molar-refractivity contribution is -0.136. The van der Waals surface area contributed by atoms with E-state index in [0.29, 0.717) is 12.5 Å². The Morgan fingerprint density at radius 3 is 2.52 bits per heavy atom. The smallest absolute Gasteiger partial charge is 0.307 e. The Kier molecular flexibility index (Phi) is 4.71. The van der Waals surface area contributed by atoms with Gasteiger partial charge in [0.15, 0.2) is 0 Å². The van der Waals surface area contributed by atoms with E-state index in [0.717, 1.165) is 35.5 Å². The highest BCUT2D eigenvalue weighted by atomic mass is 16.4. The van der Waals surface area contributed by atoms with Crippen LogP contribution < -0.4 is 5.73 Å². The van der Waals surface area contributed by atoms with Gasteiger partial charge in [-0.25, -0.2) is 4.68 Å². The zero-order valence-electron chi connectivity index (χ0n) is 13.1. The molecule has 0 aliphatic heterocycles. The molecule has 6 nitrogen and oxygen atoms in total. The van der Waals surface area contributed by atoms with Crippen LogP contribution in [0.15, 0.2) is 24.3 Å². The Balaban J connectivity index is 1.92. The van der Waals surface area contributed by atoms with E-state index >= 15 is 0 Å². The van der Waals surface area contributed by atoms with E-state index < -0.39 is 5.97 Å². The predicted molar refractivity (Wildman–Crippen MR) is 86.4 cm³/mol. The van der Waals surface area contributed by atoms with Crippen molar-refractivity contribution in [1.29, 1.82) is 0 Å². The second-order valence-corrected chi connectivity index (χ2v) is 6.11. The summed E-state index contributed by atoms with van der Waals surface area (Å²) in [6.07, 6.45) is 6.09. The number of carboxylic acids is 1. The molecule has 0 spiro atoms. The monoisotopic (exact) mass is 314 g/mol. The van der Waals surface area contributed by atoms with E-state index in [2.05, 4.69) is 10.3 Å². The molecule has 23 heavy (non-hydrogen) atoms. The molecule has 0 saturated heterocycles. The molecule has 1 aromatic carbocycles. The normalized spacial score (nSPS) is 15.7. The molecule has 0 amide bonds. The number of nitrogens with two attached hydrogens (primary N) is 1. The van der Waals surface area contributed by atoms with Crippen LogP contribution in [0.3, 0.4) is 0 Å². The lowest BCUT2D eigenvalue weighted by Crippen LogP contribution is -2.14. The van der Waals surface area contributed by atoms with Crippen molar-refractivity contribution in [3.63, 3.8) is 0 Å². The average molecular weight is 314 g/mol. The Labute approximate surface area is 135 Å². The van der Waals surface area contributed by atoms with Gasteiger partial charge in [-0.3, -0.25) is 4.79 Å². The van der Waals surface area contributed by atoms with Gasteiger partial charge in [0.1, 0.15) is 5.69 Å². The molecule has 6 heteroatoms. The van der Waals surface area contributed by atoms with Gasteiger partial charge in [-0.1, -0.05) is 36.6 Å². The molecule has 1 fully saturated rings. The van der Waals surface area contributed by atoms with Gasteiger partial charge in [0.25, 0.3) is 0 Å². The third-order valence-corrected chi connectivity index (χ3v) is 4.50. The van der Waals surface area contributed by atoms with Crippen LogP contribution in [-0.4, -0.2) is 26.1 Å². The summed E-state index contributed by atoms with van der Waals surface area (Å²) in [5, 5.41) is 17.4. The summed E-state index contributed by atoms with van der Waals surface area (Å²) in [6.45, 7) is 0.392. The minimum atomic E-state index is -0.827. The first kappa shape index (κ1) is 15.7. The summed E-state index contributed by atoms with van der Waals surface area (Å²) >= 11 is 0. The van der Waals surface area contributed by atoms with Crippen molar-refractivity contribution < 1.29 is 9.90 Å². The summed E-state index contributed by atoms with van der Waals surface area (Å²) in [6, 6.07) is 7.47. The molecular weight excluding hydrogens is 292 g/mol. The third kappa shape index (κ3) is 3.42. The van der Waals surface area contributed by atoms with Gasteiger partial charge < -0.3 is 10.8 Å². The number of hydrogen-bond donors (Lipinski definition) is 2. The lowest BCUT2D eigenvalue weighted by atomic mass is 9.86. The van der Waals surface area contributed by atoms with Crippen molar-refractivity contribution in [2.45, 2.75) is 51.0 Å². The molecule has 1 aliphatic carbocycles. The van der Waals surface area contributed by atoms with Gasteiger partial charge in [0, 0.05) is 12.5 Å². The highest BCUT2D eigenvalue weighted by molar-refractivity contribution is 5.70. The van der Waals surface area contributed by atoms with Crippen LogP contribution in [0, 0.1) is 0 Å². The van der Waals surface area contributed by atoms with Gasteiger partial charge in [-0.05, 0) is 30.5 Å². The molecular formula is C17H22N4O2. The van der Waals surface area contributed by atoms with Gasteiger partial charge in [0.05, 0.1) is 17.8 Å². The van der Waals surface area contributed by atoms with Gasteiger partial charge in [-0.15, -0.1) is 5.10 Å². The van der Waals surface area contributed by atoms with Crippen molar-refractivity contribution in [2.75, 3.05) is 0 Å².